The van der Waals surface area contributed by atoms with Crippen LogP contribution >= 0.6 is 0 Å². The summed E-state index contributed by atoms with van der Waals surface area (Å²) < 4.78 is 7.46. The minimum Gasteiger partial charge on any atom is -0.420 e. The van der Waals surface area contributed by atoms with Crippen molar-refractivity contribution in [3.63, 3.8) is 0 Å². The highest BCUT2D eigenvalue weighted by Gasteiger charge is 2.58. The Morgan fingerprint density at radius 3 is 2.65 bits per heavy atom. The van der Waals surface area contributed by atoms with Gasteiger partial charge in [-0.2, -0.15) is 10.4 Å². The van der Waals surface area contributed by atoms with E-state index in [0.29, 0.717) is 18.2 Å². The van der Waals surface area contributed by atoms with E-state index >= 15 is 0 Å². The van der Waals surface area contributed by atoms with Gasteiger partial charge in [0.25, 0.3) is 5.89 Å². The number of nitriles is 1. The lowest BCUT2D eigenvalue weighted by Crippen LogP contribution is -2.55. The minimum absolute atomic E-state index is 0.0644. The van der Waals surface area contributed by atoms with Crippen molar-refractivity contribution < 1.29 is 9.21 Å². The number of nitrogens with zero attached hydrogens (tertiary/aromatic N) is 5. The molecule has 0 bridgehead atoms. The lowest BCUT2D eigenvalue weighted by Gasteiger charge is -2.52. The van der Waals surface area contributed by atoms with E-state index in [1.54, 1.807) is 11.6 Å². The number of aromatic nitrogens is 4. The fourth-order valence-corrected chi connectivity index (χ4v) is 5.33. The Morgan fingerprint density at radius 2 is 2.04 bits per heavy atom. The Hall–Kier alpha value is -2.49. The minimum atomic E-state index is -0.590. The van der Waals surface area contributed by atoms with Gasteiger partial charge < -0.3 is 4.42 Å². The van der Waals surface area contributed by atoms with E-state index in [2.05, 4.69) is 23.2 Å². The highest BCUT2D eigenvalue weighted by molar-refractivity contribution is 5.90. The zero-order valence-corrected chi connectivity index (χ0v) is 15.8. The number of carbonyl (C=O) groups excluding carboxylic acids is 1. The molecule has 0 radical (unpaired) electrons. The van der Waals surface area contributed by atoms with Gasteiger partial charge in [0.1, 0.15) is 11.6 Å². The van der Waals surface area contributed by atoms with Crippen LogP contribution in [0.1, 0.15) is 50.8 Å². The molecule has 7 heteroatoms. The van der Waals surface area contributed by atoms with Gasteiger partial charge in [-0.05, 0) is 25.2 Å². The van der Waals surface area contributed by atoms with Crippen LogP contribution in [-0.2, 0) is 23.7 Å². The number of ketones is 1. The predicted octanol–water partition coefficient (Wildman–Crippen LogP) is 2.74. The van der Waals surface area contributed by atoms with Crippen LogP contribution in [-0.4, -0.2) is 25.8 Å². The maximum absolute atomic E-state index is 12.8. The molecule has 1 saturated carbocycles. The third kappa shape index (κ3) is 2.05. The Morgan fingerprint density at radius 1 is 1.31 bits per heavy atom. The maximum Gasteiger partial charge on any atom is 0.266 e. The summed E-state index contributed by atoms with van der Waals surface area (Å²) in [5.74, 6) is 0.627. The number of hydrogen-bond acceptors (Lipinski definition) is 6. The van der Waals surface area contributed by atoms with Crippen molar-refractivity contribution >= 4 is 5.78 Å². The fraction of sp³-hybridized carbons (Fsp3) is 0.632. The molecule has 0 aromatic carbocycles. The number of hydrogen-bond donors (Lipinski definition) is 0. The quantitative estimate of drug-likeness (QED) is 0.782. The summed E-state index contributed by atoms with van der Waals surface area (Å²) in [4.78, 5) is 12.8. The van der Waals surface area contributed by atoms with Gasteiger partial charge >= 0.3 is 0 Å². The summed E-state index contributed by atoms with van der Waals surface area (Å²) in [5.41, 5.74) is 2.07. The Labute approximate surface area is 152 Å². The van der Waals surface area contributed by atoms with Gasteiger partial charge in [0.05, 0.1) is 11.8 Å². The van der Waals surface area contributed by atoms with Gasteiger partial charge in [-0.25, -0.2) is 0 Å². The van der Waals surface area contributed by atoms with E-state index in [-0.39, 0.29) is 17.1 Å². The molecule has 0 spiro atoms. The largest absolute Gasteiger partial charge is 0.420 e. The third-order valence-corrected chi connectivity index (χ3v) is 6.47. The average molecular weight is 353 g/mol. The van der Waals surface area contributed by atoms with Gasteiger partial charge in [-0.1, -0.05) is 20.8 Å². The Bertz CT molecular complexity index is 948. The van der Waals surface area contributed by atoms with Gasteiger partial charge in [-0.15, -0.1) is 10.2 Å². The first kappa shape index (κ1) is 17.0. The molecule has 2 aliphatic carbocycles. The second kappa shape index (κ2) is 5.26. The van der Waals surface area contributed by atoms with Gasteiger partial charge in [0, 0.05) is 30.4 Å². The SMILES string of the molecule is Cc1nnc(-c2c3c(nn2C)[C@@]2(C)CC(C#N)C(=O)C(C)(C)C2CC3)o1. The molecule has 0 amide bonds. The number of fused-ring (bicyclic) bond motifs is 3. The number of rotatable bonds is 1. The molecule has 2 heterocycles. The number of aryl methyl sites for hydroxylation is 2. The molecule has 4 rings (SSSR count). The molecule has 2 unspecified atom stereocenters. The van der Waals surface area contributed by atoms with E-state index in [1.165, 1.54) is 0 Å². The molecular weight excluding hydrogens is 330 g/mol. The first-order valence-corrected chi connectivity index (χ1v) is 9.01. The molecule has 2 aromatic heterocycles. The summed E-state index contributed by atoms with van der Waals surface area (Å²) in [6.07, 6.45) is 2.21. The van der Waals surface area contributed by atoms with Crippen LogP contribution in [0.25, 0.3) is 11.6 Å². The van der Waals surface area contributed by atoms with E-state index in [9.17, 15) is 10.1 Å². The maximum atomic E-state index is 12.8. The summed E-state index contributed by atoms with van der Waals surface area (Å²) in [5, 5.41) is 22.5. The van der Waals surface area contributed by atoms with Crippen molar-refractivity contribution in [2.24, 2.45) is 24.3 Å². The highest BCUT2D eigenvalue weighted by Crippen LogP contribution is 2.57. The molecule has 2 aliphatic rings. The van der Waals surface area contributed by atoms with Gasteiger partial charge in [0.2, 0.25) is 5.89 Å². The molecule has 136 valence electrons. The summed E-state index contributed by atoms with van der Waals surface area (Å²) in [6.45, 7) is 7.89. The van der Waals surface area contributed by atoms with Crippen molar-refractivity contribution in [1.29, 1.82) is 5.26 Å². The number of carbonyl (C=O) groups is 1. The number of Topliss-reactive ketones (excluding diaryl/α,β-unsaturated/α-hetero) is 1. The lowest BCUT2D eigenvalue weighted by atomic mass is 9.49. The predicted molar refractivity (Wildman–Crippen MR) is 92.9 cm³/mol. The molecule has 0 saturated heterocycles. The molecule has 1 fully saturated rings. The van der Waals surface area contributed by atoms with Crippen LogP contribution in [0.2, 0.25) is 0 Å². The molecule has 7 nitrogen and oxygen atoms in total. The first-order valence-electron chi connectivity index (χ1n) is 9.01. The summed E-state index contributed by atoms with van der Waals surface area (Å²) >= 11 is 0. The molecule has 0 aliphatic heterocycles. The third-order valence-electron chi connectivity index (χ3n) is 6.47. The zero-order valence-electron chi connectivity index (χ0n) is 15.8. The van der Waals surface area contributed by atoms with Crippen LogP contribution in [0, 0.1) is 35.5 Å². The van der Waals surface area contributed by atoms with Crippen LogP contribution < -0.4 is 0 Å². The van der Waals surface area contributed by atoms with Gasteiger partial charge in [-0.3, -0.25) is 9.48 Å². The molecule has 3 atom stereocenters. The van der Waals surface area contributed by atoms with Crippen LogP contribution in [0.4, 0.5) is 0 Å². The second-order valence-corrected chi connectivity index (χ2v) is 8.41. The van der Waals surface area contributed by atoms with Crippen molar-refractivity contribution in [1.82, 2.24) is 20.0 Å². The monoisotopic (exact) mass is 353 g/mol. The van der Waals surface area contributed by atoms with Crippen molar-refractivity contribution in [3.8, 4) is 17.7 Å². The van der Waals surface area contributed by atoms with Crippen molar-refractivity contribution in [2.45, 2.75) is 52.4 Å². The van der Waals surface area contributed by atoms with E-state index in [1.807, 2.05) is 20.9 Å². The molecule has 26 heavy (non-hydrogen) atoms. The van der Waals surface area contributed by atoms with Crippen LogP contribution in [0.15, 0.2) is 4.42 Å². The normalized spacial score (nSPS) is 29.8. The lowest BCUT2D eigenvalue weighted by molar-refractivity contribution is -0.140. The Balaban J connectivity index is 1.89. The van der Waals surface area contributed by atoms with E-state index in [0.717, 1.165) is 29.8 Å². The highest BCUT2D eigenvalue weighted by atomic mass is 16.4. The van der Waals surface area contributed by atoms with E-state index < -0.39 is 11.3 Å². The standard InChI is InChI=1S/C19H23N5O2/c1-10-21-22-17(26-10)14-12-6-7-13-18(2,3)16(25)11(9-20)8-19(13,4)15(12)23-24(14)5/h11,13H,6-8H2,1-5H3/t11?,13?,19-/m0/s1. The topological polar surface area (TPSA) is 97.6 Å². The van der Waals surface area contributed by atoms with Crippen LogP contribution in [0.3, 0.4) is 0 Å². The fourth-order valence-electron chi connectivity index (χ4n) is 5.33. The smallest absolute Gasteiger partial charge is 0.266 e. The summed E-state index contributed by atoms with van der Waals surface area (Å²) in [6, 6.07) is 2.23. The Kier molecular flexibility index (Phi) is 3.43. The average Bonchev–Trinajstić information content (AvgIpc) is 3.14. The van der Waals surface area contributed by atoms with Crippen molar-refractivity contribution in [2.75, 3.05) is 0 Å². The van der Waals surface area contributed by atoms with E-state index in [4.69, 9.17) is 9.52 Å². The molecule has 0 N–H and O–H groups in total. The van der Waals surface area contributed by atoms with Crippen molar-refractivity contribution in [3.05, 3.63) is 17.1 Å². The molecular formula is C19H23N5O2. The van der Waals surface area contributed by atoms with Crippen LogP contribution in [0.5, 0.6) is 0 Å². The zero-order chi connectivity index (χ0) is 18.9. The summed E-state index contributed by atoms with van der Waals surface area (Å²) in [7, 11) is 1.88. The van der Waals surface area contributed by atoms with Gasteiger partial charge in [0.15, 0.2) is 5.78 Å². The molecule has 2 aromatic rings. The second-order valence-electron chi connectivity index (χ2n) is 8.41. The first-order chi connectivity index (χ1) is 12.2.